The summed E-state index contributed by atoms with van der Waals surface area (Å²) in [4.78, 5) is 25.6. The SMILES string of the molecule is COC(=O)[C@@H]1C[C@H](Oc2cc(F)ccc2[NH2+][O-])CN1C(=O)OC(C)(C)C. The lowest BCUT2D eigenvalue weighted by molar-refractivity contribution is -0.498. The first-order chi connectivity index (χ1) is 12.1. The van der Waals surface area contributed by atoms with Crippen molar-refractivity contribution < 1.29 is 33.7 Å². The summed E-state index contributed by atoms with van der Waals surface area (Å²) in [7, 11) is 1.22. The fourth-order valence-electron chi connectivity index (χ4n) is 2.65. The van der Waals surface area contributed by atoms with E-state index in [0.29, 0.717) is 5.48 Å². The van der Waals surface area contributed by atoms with Crippen molar-refractivity contribution in [2.45, 2.75) is 44.9 Å². The smallest absolute Gasteiger partial charge is 0.411 e. The van der Waals surface area contributed by atoms with Crippen molar-refractivity contribution in [1.82, 2.24) is 4.90 Å². The summed E-state index contributed by atoms with van der Waals surface area (Å²) >= 11 is 0. The second-order valence-corrected chi connectivity index (χ2v) is 6.95. The van der Waals surface area contributed by atoms with E-state index in [0.717, 1.165) is 12.1 Å². The number of hydrogen-bond donors (Lipinski definition) is 1. The molecule has 1 saturated heterocycles. The zero-order valence-electron chi connectivity index (χ0n) is 15.2. The third-order valence-electron chi connectivity index (χ3n) is 3.76. The minimum atomic E-state index is -0.881. The summed E-state index contributed by atoms with van der Waals surface area (Å²) in [5.41, 5.74) is -0.00591. The number of esters is 1. The molecule has 0 unspecified atom stereocenters. The standard InChI is InChI=1S/C17H23FN2O6/c1-17(2,3)26-16(22)20-9-11(8-13(20)15(21)24-4)25-14-7-10(18)5-6-12(14)19-23/h5-7,11,13H,8-9,19H2,1-4H3/t11-,13-/m0/s1. The number of carbonyl (C=O) groups is 2. The van der Waals surface area contributed by atoms with Gasteiger partial charge >= 0.3 is 12.1 Å². The van der Waals surface area contributed by atoms with Gasteiger partial charge in [0.25, 0.3) is 0 Å². The third-order valence-corrected chi connectivity index (χ3v) is 3.76. The van der Waals surface area contributed by atoms with Crippen LogP contribution < -0.4 is 10.2 Å². The molecule has 1 aliphatic rings. The van der Waals surface area contributed by atoms with Crippen molar-refractivity contribution in [3.63, 3.8) is 0 Å². The number of nitrogens with two attached hydrogens (primary N) is 1. The average Bonchev–Trinajstić information content (AvgIpc) is 2.97. The Bertz CT molecular complexity index is 676. The van der Waals surface area contributed by atoms with Gasteiger partial charge in [-0.2, -0.15) is 0 Å². The van der Waals surface area contributed by atoms with Crippen molar-refractivity contribution in [3.05, 3.63) is 29.2 Å². The van der Waals surface area contributed by atoms with E-state index in [1.54, 1.807) is 20.8 Å². The minimum Gasteiger partial charge on any atom is -0.630 e. The average molecular weight is 370 g/mol. The number of rotatable bonds is 4. The molecule has 2 N–H and O–H groups in total. The van der Waals surface area contributed by atoms with Gasteiger partial charge in [-0.15, -0.1) is 0 Å². The van der Waals surface area contributed by atoms with Crippen LogP contribution in [-0.2, 0) is 14.3 Å². The van der Waals surface area contributed by atoms with Gasteiger partial charge in [0.15, 0.2) is 11.4 Å². The highest BCUT2D eigenvalue weighted by molar-refractivity contribution is 5.82. The van der Waals surface area contributed by atoms with Crippen LogP contribution in [0.15, 0.2) is 18.2 Å². The molecule has 0 spiro atoms. The molecule has 1 aromatic carbocycles. The quantitative estimate of drug-likeness (QED) is 0.489. The van der Waals surface area contributed by atoms with Crippen molar-refractivity contribution in [2.75, 3.05) is 13.7 Å². The first kappa shape index (κ1) is 19.9. The van der Waals surface area contributed by atoms with Crippen LogP contribution in [-0.4, -0.2) is 48.4 Å². The number of quaternary nitrogens is 1. The van der Waals surface area contributed by atoms with E-state index < -0.39 is 35.6 Å². The zero-order chi connectivity index (χ0) is 19.5. The Hall–Kier alpha value is -2.39. The van der Waals surface area contributed by atoms with Gasteiger partial charge in [-0.25, -0.2) is 14.0 Å². The van der Waals surface area contributed by atoms with Crippen LogP contribution in [0, 0.1) is 11.0 Å². The Morgan fingerprint density at radius 2 is 2.04 bits per heavy atom. The van der Waals surface area contributed by atoms with E-state index in [1.165, 1.54) is 18.1 Å². The maximum Gasteiger partial charge on any atom is 0.411 e. The van der Waals surface area contributed by atoms with E-state index in [4.69, 9.17) is 14.2 Å². The number of halogens is 1. The van der Waals surface area contributed by atoms with E-state index in [2.05, 4.69) is 0 Å². The molecule has 0 aliphatic carbocycles. The molecule has 0 radical (unpaired) electrons. The number of hydrogen-bond acceptors (Lipinski definition) is 6. The molecule has 2 atom stereocenters. The Morgan fingerprint density at radius 1 is 1.35 bits per heavy atom. The number of amides is 1. The summed E-state index contributed by atoms with van der Waals surface area (Å²) in [5, 5.41) is 11.1. The normalized spacial score (nSPS) is 20.0. The van der Waals surface area contributed by atoms with Gasteiger partial charge in [-0.3, -0.25) is 4.90 Å². The number of benzene rings is 1. The number of ether oxygens (including phenoxy) is 3. The minimum absolute atomic E-state index is 0.0451. The van der Waals surface area contributed by atoms with Gasteiger partial charge in [0.05, 0.1) is 13.7 Å². The van der Waals surface area contributed by atoms with Crippen LogP contribution in [0.1, 0.15) is 27.2 Å². The summed E-state index contributed by atoms with van der Waals surface area (Å²) in [6.07, 6.45) is -1.15. The predicted molar refractivity (Wildman–Crippen MR) is 89.1 cm³/mol. The van der Waals surface area contributed by atoms with Gasteiger partial charge in [0.2, 0.25) is 0 Å². The molecular formula is C17H23FN2O6. The lowest BCUT2D eigenvalue weighted by Gasteiger charge is -2.27. The second kappa shape index (κ2) is 7.88. The van der Waals surface area contributed by atoms with Gasteiger partial charge < -0.3 is 24.9 Å². The summed E-state index contributed by atoms with van der Waals surface area (Å²) in [6.45, 7) is 5.19. The van der Waals surface area contributed by atoms with Gasteiger partial charge in [0, 0.05) is 18.6 Å². The number of methoxy groups -OCH3 is 1. The highest BCUT2D eigenvalue weighted by Crippen LogP contribution is 2.29. The zero-order valence-corrected chi connectivity index (χ0v) is 15.2. The predicted octanol–water partition coefficient (Wildman–Crippen LogP) is 1.45. The van der Waals surface area contributed by atoms with Crippen molar-refractivity contribution in [1.29, 1.82) is 0 Å². The number of nitrogens with zero attached hydrogens (tertiary/aromatic N) is 1. The summed E-state index contributed by atoms with van der Waals surface area (Å²) < 4.78 is 29.2. The molecular weight excluding hydrogens is 347 g/mol. The molecule has 1 aromatic rings. The fourth-order valence-corrected chi connectivity index (χ4v) is 2.65. The summed E-state index contributed by atoms with van der Waals surface area (Å²) in [5.74, 6) is -1.10. The topological polar surface area (TPSA) is 105 Å². The molecule has 1 aliphatic heterocycles. The van der Waals surface area contributed by atoms with Crippen LogP contribution in [0.3, 0.4) is 0 Å². The van der Waals surface area contributed by atoms with Crippen LogP contribution in [0.5, 0.6) is 5.75 Å². The maximum absolute atomic E-state index is 13.5. The van der Waals surface area contributed by atoms with Gasteiger partial charge in [-0.1, -0.05) is 0 Å². The molecule has 0 bridgehead atoms. The molecule has 1 fully saturated rings. The van der Waals surface area contributed by atoms with Crippen LogP contribution >= 0.6 is 0 Å². The van der Waals surface area contributed by atoms with Crippen molar-refractivity contribution >= 4 is 17.7 Å². The van der Waals surface area contributed by atoms with E-state index in [1.807, 2.05) is 0 Å². The molecule has 2 rings (SSSR count). The van der Waals surface area contributed by atoms with Crippen LogP contribution in [0.2, 0.25) is 0 Å². The Kier molecular flexibility index (Phi) is 6.04. The molecule has 1 amide bonds. The maximum atomic E-state index is 13.5. The molecule has 0 aromatic heterocycles. The highest BCUT2D eigenvalue weighted by atomic mass is 19.1. The molecule has 26 heavy (non-hydrogen) atoms. The number of carbonyl (C=O) groups excluding carboxylic acids is 2. The van der Waals surface area contributed by atoms with Gasteiger partial charge in [-0.05, 0) is 26.8 Å². The Labute approximate surface area is 150 Å². The van der Waals surface area contributed by atoms with Gasteiger partial charge in [0.1, 0.15) is 23.6 Å². The van der Waals surface area contributed by atoms with Crippen molar-refractivity contribution in [2.24, 2.45) is 0 Å². The second-order valence-electron chi connectivity index (χ2n) is 6.95. The van der Waals surface area contributed by atoms with Crippen molar-refractivity contribution in [3.8, 4) is 5.75 Å². The Morgan fingerprint density at radius 3 is 2.62 bits per heavy atom. The first-order valence-corrected chi connectivity index (χ1v) is 8.13. The third kappa shape index (κ3) is 4.83. The van der Waals surface area contributed by atoms with E-state index in [-0.39, 0.29) is 24.4 Å². The Balaban J connectivity index is 2.18. The van der Waals surface area contributed by atoms with Crippen LogP contribution in [0.25, 0.3) is 0 Å². The van der Waals surface area contributed by atoms with Crippen LogP contribution in [0.4, 0.5) is 14.9 Å². The molecule has 9 heteroatoms. The fraction of sp³-hybridized carbons (Fsp3) is 0.529. The van der Waals surface area contributed by atoms with E-state index >= 15 is 0 Å². The molecule has 0 saturated carbocycles. The van der Waals surface area contributed by atoms with E-state index in [9.17, 15) is 19.2 Å². The monoisotopic (exact) mass is 370 g/mol. The number of likely N-dealkylation sites (tertiary alicyclic amines) is 1. The molecule has 144 valence electrons. The highest BCUT2D eigenvalue weighted by Gasteiger charge is 2.43. The lowest BCUT2D eigenvalue weighted by atomic mass is 10.2. The molecule has 1 heterocycles. The first-order valence-electron chi connectivity index (χ1n) is 8.13. The lowest BCUT2D eigenvalue weighted by Crippen LogP contribution is -2.70. The summed E-state index contributed by atoms with van der Waals surface area (Å²) in [6, 6.07) is 2.66. The molecule has 8 nitrogen and oxygen atoms in total. The largest absolute Gasteiger partial charge is 0.630 e.